The van der Waals surface area contributed by atoms with Gasteiger partial charge in [-0.2, -0.15) is 0 Å². The van der Waals surface area contributed by atoms with Crippen LogP contribution in [-0.2, 0) is 4.79 Å². The quantitative estimate of drug-likeness (QED) is 0.881. The molecule has 0 bridgehead atoms. The fourth-order valence-electron chi connectivity index (χ4n) is 2.50. The summed E-state index contributed by atoms with van der Waals surface area (Å²) < 4.78 is 18.3. The minimum absolute atomic E-state index is 0.0660. The summed E-state index contributed by atoms with van der Waals surface area (Å²) in [6, 6.07) is 3.20. The number of hydrogen-bond donors (Lipinski definition) is 2. The minimum Gasteiger partial charge on any atom is -0.479 e. The van der Waals surface area contributed by atoms with E-state index in [2.05, 4.69) is 10.6 Å². The Kier molecular flexibility index (Phi) is 6.21. The Hall–Kier alpha value is -1.82. The van der Waals surface area contributed by atoms with Crippen molar-refractivity contribution in [1.82, 2.24) is 10.6 Å². The maximum Gasteiger partial charge on any atom is 0.321 e. The van der Waals surface area contributed by atoms with Crippen LogP contribution in [0.15, 0.2) is 18.2 Å². The molecule has 126 valence electrons. The highest BCUT2D eigenvalue weighted by Crippen LogP contribution is 2.25. The number of ether oxygens (including phenoxy) is 1. The molecule has 1 aromatic rings. The summed E-state index contributed by atoms with van der Waals surface area (Å²) in [6.07, 6.45) is 4.28. The molecule has 5 nitrogen and oxygen atoms in total. The molecule has 1 aliphatic rings. The van der Waals surface area contributed by atoms with Crippen molar-refractivity contribution in [2.75, 3.05) is 0 Å². The van der Waals surface area contributed by atoms with Crippen LogP contribution in [0.3, 0.4) is 0 Å². The van der Waals surface area contributed by atoms with Crippen LogP contribution in [0.1, 0.15) is 39.0 Å². The van der Waals surface area contributed by atoms with Crippen molar-refractivity contribution in [2.24, 2.45) is 0 Å². The van der Waals surface area contributed by atoms with Gasteiger partial charge in [0.25, 0.3) is 5.91 Å². The zero-order valence-corrected chi connectivity index (χ0v) is 13.7. The molecule has 2 N–H and O–H groups in total. The van der Waals surface area contributed by atoms with Crippen molar-refractivity contribution < 1.29 is 18.7 Å². The number of benzene rings is 1. The summed E-state index contributed by atoms with van der Waals surface area (Å²) >= 11 is 5.84. The van der Waals surface area contributed by atoms with Crippen LogP contribution in [0, 0.1) is 5.82 Å². The number of halogens is 2. The molecule has 1 saturated carbocycles. The Morgan fingerprint density at radius 2 is 2.00 bits per heavy atom. The molecule has 1 fully saturated rings. The van der Waals surface area contributed by atoms with Crippen molar-refractivity contribution >= 4 is 23.5 Å². The molecular formula is C16H20ClFN2O3. The van der Waals surface area contributed by atoms with Crippen LogP contribution in [0.5, 0.6) is 5.75 Å². The van der Waals surface area contributed by atoms with E-state index in [4.69, 9.17) is 16.3 Å². The smallest absolute Gasteiger partial charge is 0.321 e. The van der Waals surface area contributed by atoms with E-state index in [0.29, 0.717) is 0 Å². The number of rotatable bonds is 4. The van der Waals surface area contributed by atoms with E-state index < -0.39 is 23.9 Å². The van der Waals surface area contributed by atoms with E-state index >= 15 is 0 Å². The lowest BCUT2D eigenvalue weighted by Crippen LogP contribution is -2.48. The zero-order valence-electron chi connectivity index (χ0n) is 12.9. The predicted molar refractivity (Wildman–Crippen MR) is 85.0 cm³/mol. The first-order chi connectivity index (χ1) is 11.0. The van der Waals surface area contributed by atoms with Crippen LogP contribution in [0.4, 0.5) is 9.18 Å². The van der Waals surface area contributed by atoms with Gasteiger partial charge in [-0.1, -0.05) is 30.9 Å². The molecule has 0 aromatic heterocycles. The summed E-state index contributed by atoms with van der Waals surface area (Å²) in [4.78, 5) is 23.8. The van der Waals surface area contributed by atoms with E-state index in [1.807, 2.05) is 0 Å². The molecule has 0 saturated heterocycles. The third kappa shape index (κ3) is 5.39. The first-order valence-corrected chi connectivity index (χ1v) is 8.06. The van der Waals surface area contributed by atoms with E-state index in [-0.39, 0.29) is 16.8 Å². The van der Waals surface area contributed by atoms with Crippen molar-refractivity contribution in [3.05, 3.63) is 29.0 Å². The maximum absolute atomic E-state index is 13.0. The zero-order chi connectivity index (χ0) is 16.8. The molecule has 1 atom stereocenters. The second kappa shape index (κ2) is 8.15. The highest BCUT2D eigenvalue weighted by molar-refractivity contribution is 6.32. The molecule has 0 unspecified atom stereocenters. The standard InChI is InChI=1S/C16H20ClFN2O3/c1-10(23-14-8-7-11(18)9-13(14)17)15(21)20-16(22)19-12-5-3-2-4-6-12/h7-10,12H,2-6H2,1H3,(H2,19,20,21,22)/t10-/m1/s1. The Morgan fingerprint density at radius 1 is 1.30 bits per heavy atom. The van der Waals surface area contributed by atoms with Crippen molar-refractivity contribution in [3.63, 3.8) is 0 Å². The molecule has 2 rings (SSSR count). The van der Waals surface area contributed by atoms with Crippen LogP contribution in [-0.4, -0.2) is 24.1 Å². The van der Waals surface area contributed by atoms with Crippen LogP contribution in [0.2, 0.25) is 5.02 Å². The monoisotopic (exact) mass is 342 g/mol. The average Bonchev–Trinajstić information content (AvgIpc) is 2.50. The van der Waals surface area contributed by atoms with Gasteiger partial charge in [0.05, 0.1) is 5.02 Å². The Balaban J connectivity index is 1.83. The first-order valence-electron chi connectivity index (χ1n) is 7.69. The summed E-state index contributed by atoms with van der Waals surface area (Å²) in [6.45, 7) is 1.49. The number of carbonyl (C=O) groups excluding carboxylic acids is 2. The van der Waals surface area contributed by atoms with Crippen molar-refractivity contribution in [1.29, 1.82) is 0 Å². The largest absolute Gasteiger partial charge is 0.479 e. The molecule has 0 aliphatic heterocycles. The van der Waals surface area contributed by atoms with Crippen LogP contribution < -0.4 is 15.4 Å². The molecule has 23 heavy (non-hydrogen) atoms. The predicted octanol–water partition coefficient (Wildman–Crippen LogP) is 3.40. The number of amides is 3. The van der Waals surface area contributed by atoms with Gasteiger partial charge in [-0.3, -0.25) is 10.1 Å². The third-order valence-corrected chi connectivity index (χ3v) is 4.04. The van der Waals surface area contributed by atoms with E-state index in [1.165, 1.54) is 25.5 Å². The first kappa shape index (κ1) is 17.5. The number of nitrogens with one attached hydrogen (secondary N) is 2. The van der Waals surface area contributed by atoms with E-state index in [1.54, 1.807) is 0 Å². The Morgan fingerprint density at radius 3 is 2.65 bits per heavy atom. The number of imide groups is 1. The average molecular weight is 343 g/mol. The molecule has 1 aliphatic carbocycles. The summed E-state index contributed by atoms with van der Waals surface area (Å²) in [5.41, 5.74) is 0. The molecule has 3 amide bonds. The fraction of sp³-hybridized carbons (Fsp3) is 0.500. The van der Waals surface area contributed by atoms with Gasteiger partial charge >= 0.3 is 6.03 Å². The minimum atomic E-state index is -0.935. The lowest BCUT2D eigenvalue weighted by Gasteiger charge is -2.23. The Labute approximate surface area is 139 Å². The van der Waals surface area contributed by atoms with Crippen molar-refractivity contribution in [3.8, 4) is 5.75 Å². The summed E-state index contributed by atoms with van der Waals surface area (Å²) in [5.74, 6) is -0.895. The third-order valence-electron chi connectivity index (χ3n) is 3.74. The highest BCUT2D eigenvalue weighted by Gasteiger charge is 2.21. The molecule has 1 aromatic carbocycles. The second-order valence-corrected chi connectivity index (χ2v) is 6.04. The molecule has 7 heteroatoms. The number of urea groups is 1. The van der Waals surface area contributed by atoms with Gasteiger partial charge in [0, 0.05) is 6.04 Å². The van der Waals surface area contributed by atoms with E-state index in [9.17, 15) is 14.0 Å². The number of carbonyl (C=O) groups is 2. The van der Waals surface area contributed by atoms with Gasteiger partial charge in [-0.15, -0.1) is 0 Å². The lowest BCUT2D eigenvalue weighted by molar-refractivity contribution is -0.126. The Bertz CT molecular complexity index is 576. The fourth-order valence-corrected chi connectivity index (χ4v) is 2.71. The second-order valence-electron chi connectivity index (χ2n) is 5.63. The maximum atomic E-state index is 13.0. The molecule has 0 spiro atoms. The SMILES string of the molecule is C[C@@H](Oc1ccc(F)cc1Cl)C(=O)NC(=O)NC1CCCCC1. The van der Waals surface area contributed by atoms with Crippen LogP contribution in [0.25, 0.3) is 0 Å². The molecular weight excluding hydrogens is 323 g/mol. The highest BCUT2D eigenvalue weighted by atomic mass is 35.5. The van der Waals surface area contributed by atoms with Gasteiger partial charge in [0.2, 0.25) is 0 Å². The van der Waals surface area contributed by atoms with Gasteiger partial charge in [-0.05, 0) is 38.0 Å². The van der Waals surface area contributed by atoms with Gasteiger partial charge < -0.3 is 10.1 Å². The van der Waals surface area contributed by atoms with Gasteiger partial charge in [0.1, 0.15) is 11.6 Å². The summed E-state index contributed by atoms with van der Waals surface area (Å²) in [7, 11) is 0. The van der Waals surface area contributed by atoms with Gasteiger partial charge in [-0.25, -0.2) is 9.18 Å². The summed E-state index contributed by atoms with van der Waals surface area (Å²) in [5, 5.41) is 5.10. The molecule has 0 radical (unpaired) electrons. The van der Waals surface area contributed by atoms with E-state index in [0.717, 1.165) is 31.7 Å². The lowest BCUT2D eigenvalue weighted by atomic mass is 9.96. The topological polar surface area (TPSA) is 67.4 Å². The number of hydrogen-bond acceptors (Lipinski definition) is 3. The van der Waals surface area contributed by atoms with Crippen LogP contribution >= 0.6 is 11.6 Å². The normalized spacial score (nSPS) is 16.5. The van der Waals surface area contributed by atoms with Gasteiger partial charge in [0.15, 0.2) is 6.10 Å². The molecule has 0 heterocycles. The van der Waals surface area contributed by atoms with Crippen molar-refractivity contribution in [2.45, 2.75) is 51.2 Å².